The molecular weight excluding hydrogens is 158 g/mol. The van der Waals surface area contributed by atoms with Crippen LogP contribution in [0.1, 0.15) is 13.8 Å². The van der Waals surface area contributed by atoms with Crippen molar-refractivity contribution in [3.05, 3.63) is 21.3 Å². The fraction of sp³-hybridized carbons (Fsp3) is 0.625. The van der Waals surface area contributed by atoms with E-state index in [0.717, 1.165) is 12.6 Å². The minimum Gasteiger partial charge on any atom is -0.358 e. The van der Waals surface area contributed by atoms with Gasteiger partial charge in [0.25, 0.3) is 0 Å². The first kappa shape index (κ1) is 22.4. The molecule has 0 aliphatic carbocycles. The molecule has 0 nitrogen and oxygen atoms in total. The zero-order chi connectivity index (χ0) is 6.99. The molecule has 10 heavy (non-hydrogen) atoms. The zero-order valence-electron chi connectivity index (χ0n) is 7.85. The van der Waals surface area contributed by atoms with Crippen LogP contribution in [0.3, 0.4) is 0 Å². The van der Waals surface area contributed by atoms with E-state index in [4.69, 9.17) is 0 Å². The maximum absolute atomic E-state index is 3.72. The van der Waals surface area contributed by atoms with Gasteiger partial charge in [-0.05, 0) is 0 Å². The molecule has 0 bridgehead atoms. The third kappa shape index (κ3) is 23.4. The Kier molecular flexibility index (Phi) is 50.7. The molecule has 0 unspecified atom stereocenters. The first-order valence-corrected chi connectivity index (χ1v) is 3.39. The van der Waals surface area contributed by atoms with E-state index in [0.29, 0.717) is 6.71 Å². The number of hydrogen-bond acceptors (Lipinski definition) is 0. The van der Waals surface area contributed by atoms with Crippen molar-refractivity contribution in [3.8, 4) is 0 Å². The van der Waals surface area contributed by atoms with E-state index in [1.54, 1.807) is 0 Å². The predicted octanol–water partition coefficient (Wildman–Crippen LogP) is 3.25. The summed E-state index contributed by atoms with van der Waals surface area (Å²) < 4.78 is 0. The second-order valence-corrected chi connectivity index (χ2v) is 1.68. The van der Waals surface area contributed by atoms with Crippen molar-refractivity contribution in [2.45, 2.75) is 33.3 Å². The Bertz CT molecular complexity index is 28.4. The van der Waals surface area contributed by atoms with Crippen LogP contribution in [0.5, 0.6) is 0 Å². The van der Waals surface area contributed by atoms with Gasteiger partial charge in [-0.1, -0.05) is 20.7 Å². The van der Waals surface area contributed by atoms with Gasteiger partial charge >= 0.3 is 0 Å². The van der Waals surface area contributed by atoms with Gasteiger partial charge in [0.2, 0.25) is 0 Å². The Hall–Kier alpha value is 0.649. The average molecular weight is 178 g/mol. The summed E-state index contributed by atoms with van der Waals surface area (Å²) in [7, 11) is 0. The van der Waals surface area contributed by atoms with E-state index in [1.807, 2.05) is 13.8 Å². The summed E-state index contributed by atoms with van der Waals surface area (Å²) in [5.41, 5.74) is 0. The predicted molar refractivity (Wildman–Crippen MR) is 49.7 cm³/mol. The molecule has 2 heteroatoms. The molecular formula is C8H20BV-3. The van der Waals surface area contributed by atoms with Gasteiger partial charge in [-0.15, -0.1) is 0 Å². The van der Waals surface area contributed by atoms with E-state index in [9.17, 15) is 0 Å². The van der Waals surface area contributed by atoms with Crippen LogP contribution in [0, 0.1) is 21.3 Å². The van der Waals surface area contributed by atoms with Gasteiger partial charge < -0.3 is 21.3 Å². The fourth-order valence-corrected chi connectivity index (χ4v) is 0.144. The van der Waals surface area contributed by atoms with Gasteiger partial charge in [-0.25, -0.2) is 12.6 Å². The van der Waals surface area contributed by atoms with E-state index >= 15 is 0 Å². The largest absolute Gasteiger partial charge is 0.358 e. The minimum atomic E-state index is 0. The smallest absolute Gasteiger partial charge is 0.0749 e. The molecule has 0 fully saturated rings. The van der Waals surface area contributed by atoms with Crippen LogP contribution in [0.15, 0.2) is 0 Å². The maximum atomic E-state index is 3.72. The second-order valence-electron chi connectivity index (χ2n) is 1.68. The van der Waals surface area contributed by atoms with E-state index < -0.39 is 0 Å². The van der Waals surface area contributed by atoms with Gasteiger partial charge in [0, 0.05) is 18.6 Å². The summed E-state index contributed by atoms with van der Waals surface area (Å²) in [5.74, 6) is 0. The topological polar surface area (TPSA) is 0 Å². The van der Waals surface area contributed by atoms with Crippen LogP contribution in [-0.4, -0.2) is 6.71 Å². The Morgan fingerprint density at radius 2 is 1.30 bits per heavy atom. The van der Waals surface area contributed by atoms with Crippen molar-refractivity contribution in [2.75, 3.05) is 0 Å². The molecule has 1 radical (unpaired) electrons. The van der Waals surface area contributed by atoms with Crippen LogP contribution < -0.4 is 0 Å². The fourth-order valence-electron chi connectivity index (χ4n) is 0.144. The Balaban J connectivity index is -0.0000000412. The molecule has 0 rings (SSSR count). The van der Waals surface area contributed by atoms with Gasteiger partial charge in [-0.2, -0.15) is 0 Å². The molecule has 63 valence electrons. The summed E-state index contributed by atoms with van der Waals surface area (Å²) in [6.07, 6.45) is 2.03. The van der Waals surface area contributed by atoms with Gasteiger partial charge in [0.1, 0.15) is 0 Å². The van der Waals surface area contributed by atoms with Crippen molar-refractivity contribution in [2.24, 2.45) is 0 Å². The molecule has 0 heterocycles. The van der Waals surface area contributed by atoms with E-state index in [2.05, 4.69) is 20.7 Å². The molecule has 0 aromatic heterocycles. The molecule has 0 N–H and O–H groups in total. The van der Waals surface area contributed by atoms with Crippen LogP contribution in [0.4, 0.5) is 0 Å². The molecule has 0 spiro atoms. The second kappa shape index (κ2) is 22.6. The van der Waals surface area contributed by atoms with Gasteiger partial charge in [0.15, 0.2) is 0 Å². The first-order valence-electron chi connectivity index (χ1n) is 3.39. The maximum Gasteiger partial charge on any atom is 0.0749 e. The van der Waals surface area contributed by atoms with Gasteiger partial charge in [-0.3, -0.25) is 0 Å². The summed E-state index contributed by atoms with van der Waals surface area (Å²) in [6, 6.07) is 0. The molecule has 0 aliphatic rings. The number of hydrogen-bond donors (Lipinski definition) is 0. The number of rotatable bonds is 2. The first-order chi connectivity index (χ1) is 3.81. The van der Waals surface area contributed by atoms with Gasteiger partial charge in [0.05, 0.1) is 6.71 Å². The van der Waals surface area contributed by atoms with Crippen LogP contribution in [-0.2, 0) is 18.6 Å². The Labute approximate surface area is 80.1 Å². The summed E-state index contributed by atoms with van der Waals surface area (Å²) in [5, 5.41) is 0. The quantitative estimate of drug-likeness (QED) is 0.449. The molecule has 0 aliphatic heterocycles. The SMILES string of the molecule is CC.[CH2-]CB(C)C[CH2-].[CH3-].[V]. The third-order valence-electron chi connectivity index (χ3n) is 0.986. The summed E-state index contributed by atoms with van der Waals surface area (Å²) >= 11 is 0. The molecule has 0 aromatic carbocycles. The van der Waals surface area contributed by atoms with Crippen LogP contribution >= 0.6 is 0 Å². The molecule has 0 amide bonds. The normalized spacial score (nSPS) is 5.70. The molecule has 0 saturated carbocycles. The summed E-state index contributed by atoms with van der Waals surface area (Å²) in [4.78, 5) is 0. The van der Waals surface area contributed by atoms with E-state index in [-0.39, 0.29) is 26.0 Å². The standard InChI is InChI=1S/C5H11B.C2H6.CH3.V/c1-4-6(3)5-2;1-2;;/h1-2,4-5H2,3H3;1-2H3;1H3;/q-2;;-1;. The molecule has 0 atom stereocenters. The Morgan fingerprint density at radius 3 is 1.30 bits per heavy atom. The Morgan fingerprint density at radius 1 is 1.10 bits per heavy atom. The van der Waals surface area contributed by atoms with Crippen molar-refractivity contribution in [1.29, 1.82) is 0 Å². The monoisotopic (exact) mass is 178 g/mol. The van der Waals surface area contributed by atoms with Crippen LogP contribution in [0.25, 0.3) is 0 Å². The molecule has 0 aromatic rings. The van der Waals surface area contributed by atoms with Crippen molar-refractivity contribution >= 4 is 6.71 Å². The van der Waals surface area contributed by atoms with Crippen molar-refractivity contribution < 1.29 is 18.6 Å². The van der Waals surface area contributed by atoms with Crippen molar-refractivity contribution in [3.63, 3.8) is 0 Å². The zero-order valence-corrected chi connectivity index (χ0v) is 9.25. The van der Waals surface area contributed by atoms with Crippen LogP contribution in [0.2, 0.25) is 19.5 Å². The van der Waals surface area contributed by atoms with Crippen molar-refractivity contribution in [1.82, 2.24) is 0 Å². The average Bonchev–Trinajstić information content (AvgIpc) is 1.91. The minimum absolute atomic E-state index is 0. The molecule has 0 saturated heterocycles. The third-order valence-corrected chi connectivity index (χ3v) is 0.986. The van der Waals surface area contributed by atoms with E-state index in [1.165, 1.54) is 0 Å². The summed E-state index contributed by atoms with van der Waals surface area (Å²) in [6.45, 7) is 14.3.